The van der Waals surface area contributed by atoms with E-state index in [4.69, 9.17) is 15.2 Å². The van der Waals surface area contributed by atoms with Crippen molar-refractivity contribution < 1.29 is 19.1 Å². The minimum Gasteiger partial charge on any atom is -0.484 e. The van der Waals surface area contributed by atoms with Crippen LogP contribution in [0.3, 0.4) is 0 Å². The largest absolute Gasteiger partial charge is 0.484 e. The van der Waals surface area contributed by atoms with Crippen molar-refractivity contribution in [1.82, 2.24) is 5.32 Å². The fourth-order valence-electron chi connectivity index (χ4n) is 2.00. The van der Waals surface area contributed by atoms with E-state index in [1.807, 2.05) is 0 Å². The van der Waals surface area contributed by atoms with E-state index in [1.54, 1.807) is 24.3 Å². The molecule has 1 saturated heterocycles. The third kappa shape index (κ3) is 6.30. The van der Waals surface area contributed by atoms with Crippen LogP contribution in [0.1, 0.15) is 6.42 Å². The van der Waals surface area contributed by atoms with Gasteiger partial charge in [-0.05, 0) is 12.1 Å². The Bertz CT molecular complexity index is 507. The smallest absolute Gasteiger partial charge is 0.255 e. The van der Waals surface area contributed by atoms with Crippen LogP contribution in [-0.4, -0.2) is 44.2 Å². The molecule has 1 aliphatic heterocycles. The molecular weight excluding hydrogens is 310 g/mol. The fraction of sp³-hybridized carbons (Fsp3) is 0.429. The molecule has 0 radical (unpaired) electrons. The molecule has 122 valence electrons. The topological polar surface area (TPSA) is 103 Å². The maximum Gasteiger partial charge on any atom is 0.255 e. The Kier molecular flexibility index (Phi) is 7.65. The normalized spacial score (nSPS) is 17.2. The van der Waals surface area contributed by atoms with Crippen molar-refractivity contribution in [3.05, 3.63) is 24.3 Å². The number of amides is 2. The van der Waals surface area contributed by atoms with Gasteiger partial charge in [-0.2, -0.15) is 0 Å². The molecule has 22 heavy (non-hydrogen) atoms. The third-order valence-corrected chi connectivity index (χ3v) is 2.93. The molecule has 1 aromatic carbocycles. The average Bonchev–Trinajstić information content (AvgIpc) is 2.46. The Morgan fingerprint density at radius 2 is 2.27 bits per heavy atom. The van der Waals surface area contributed by atoms with Gasteiger partial charge in [-0.1, -0.05) is 6.07 Å². The quantitative estimate of drug-likeness (QED) is 0.696. The third-order valence-electron chi connectivity index (χ3n) is 2.93. The summed E-state index contributed by atoms with van der Waals surface area (Å²) in [6.45, 7) is 1.78. The van der Waals surface area contributed by atoms with Crippen LogP contribution in [0.4, 0.5) is 5.69 Å². The number of anilines is 1. The van der Waals surface area contributed by atoms with Gasteiger partial charge in [0.15, 0.2) is 6.61 Å². The van der Waals surface area contributed by atoms with Crippen LogP contribution in [0.15, 0.2) is 24.3 Å². The van der Waals surface area contributed by atoms with Crippen LogP contribution >= 0.6 is 12.4 Å². The number of nitrogens with one attached hydrogen (secondary N) is 2. The van der Waals surface area contributed by atoms with E-state index < -0.39 is 5.91 Å². The van der Waals surface area contributed by atoms with Gasteiger partial charge < -0.3 is 25.8 Å². The zero-order valence-electron chi connectivity index (χ0n) is 12.0. The van der Waals surface area contributed by atoms with E-state index in [2.05, 4.69) is 10.6 Å². The minimum atomic E-state index is -0.548. The standard InChI is InChI=1S/C14H19N3O4.ClH/c15-13(18)9-21-12-3-1-2-10(6-12)17-14(19)7-11-8-20-5-4-16-11;/h1-3,6,11,16H,4-5,7-9H2,(H2,15,18)(H,17,19);1H. The molecular formula is C14H20ClN3O4. The molecule has 0 aromatic heterocycles. The Morgan fingerprint density at radius 3 is 2.95 bits per heavy atom. The van der Waals surface area contributed by atoms with Gasteiger partial charge >= 0.3 is 0 Å². The van der Waals surface area contributed by atoms with Gasteiger partial charge in [0.05, 0.1) is 13.2 Å². The highest BCUT2D eigenvalue weighted by Gasteiger charge is 2.16. The first kappa shape index (κ1) is 18.2. The van der Waals surface area contributed by atoms with Crippen molar-refractivity contribution in [3.63, 3.8) is 0 Å². The Hall–Kier alpha value is -1.83. The minimum absolute atomic E-state index is 0. The fourth-order valence-corrected chi connectivity index (χ4v) is 2.00. The maximum atomic E-state index is 11.9. The van der Waals surface area contributed by atoms with Crippen molar-refractivity contribution >= 4 is 29.9 Å². The van der Waals surface area contributed by atoms with Gasteiger partial charge in [-0.3, -0.25) is 9.59 Å². The summed E-state index contributed by atoms with van der Waals surface area (Å²) in [6.07, 6.45) is 0.340. The highest BCUT2D eigenvalue weighted by atomic mass is 35.5. The van der Waals surface area contributed by atoms with E-state index in [0.29, 0.717) is 31.1 Å². The first-order chi connectivity index (χ1) is 10.1. The van der Waals surface area contributed by atoms with E-state index in [-0.39, 0.29) is 31.0 Å². The lowest BCUT2D eigenvalue weighted by molar-refractivity contribution is -0.120. The molecule has 1 atom stereocenters. The highest BCUT2D eigenvalue weighted by molar-refractivity contribution is 5.91. The second-order valence-corrected chi connectivity index (χ2v) is 4.76. The van der Waals surface area contributed by atoms with Crippen molar-refractivity contribution in [2.75, 3.05) is 31.7 Å². The summed E-state index contributed by atoms with van der Waals surface area (Å²) in [5, 5.41) is 6.00. The van der Waals surface area contributed by atoms with Crippen LogP contribution in [0, 0.1) is 0 Å². The number of rotatable bonds is 6. The SMILES string of the molecule is Cl.NC(=O)COc1cccc(NC(=O)CC2COCCN2)c1. The van der Waals surface area contributed by atoms with Gasteiger partial charge in [0, 0.05) is 30.8 Å². The number of carbonyl (C=O) groups excluding carboxylic acids is 2. The molecule has 7 nitrogen and oxygen atoms in total. The predicted molar refractivity (Wildman–Crippen MR) is 84.2 cm³/mol. The molecule has 1 aliphatic rings. The number of nitrogens with two attached hydrogens (primary N) is 1. The van der Waals surface area contributed by atoms with Gasteiger partial charge in [0.2, 0.25) is 5.91 Å². The van der Waals surface area contributed by atoms with Gasteiger partial charge in [0.25, 0.3) is 5.91 Å². The van der Waals surface area contributed by atoms with Gasteiger partial charge in [-0.25, -0.2) is 0 Å². The molecule has 8 heteroatoms. The summed E-state index contributed by atoms with van der Waals surface area (Å²) in [7, 11) is 0. The van der Waals surface area contributed by atoms with E-state index in [1.165, 1.54) is 0 Å². The van der Waals surface area contributed by atoms with Crippen LogP contribution < -0.4 is 21.1 Å². The summed E-state index contributed by atoms with van der Waals surface area (Å²) in [6, 6.07) is 6.85. The predicted octanol–water partition coefficient (Wildman–Crippen LogP) is 0.290. The number of ether oxygens (including phenoxy) is 2. The highest BCUT2D eigenvalue weighted by Crippen LogP contribution is 2.17. The molecule has 4 N–H and O–H groups in total. The molecule has 1 unspecified atom stereocenters. The Morgan fingerprint density at radius 1 is 1.45 bits per heavy atom. The monoisotopic (exact) mass is 329 g/mol. The number of halogens is 1. The van der Waals surface area contributed by atoms with Crippen LogP contribution in [0.5, 0.6) is 5.75 Å². The first-order valence-corrected chi connectivity index (χ1v) is 6.75. The number of primary amides is 1. The van der Waals surface area contributed by atoms with Crippen LogP contribution in [0.25, 0.3) is 0 Å². The molecule has 1 aromatic rings. The van der Waals surface area contributed by atoms with Crippen LogP contribution in [-0.2, 0) is 14.3 Å². The van der Waals surface area contributed by atoms with E-state index >= 15 is 0 Å². The average molecular weight is 330 g/mol. The molecule has 1 fully saturated rings. The number of benzene rings is 1. The number of carbonyl (C=O) groups is 2. The summed E-state index contributed by atoms with van der Waals surface area (Å²) < 4.78 is 10.5. The Balaban J connectivity index is 0.00000242. The molecule has 0 spiro atoms. The van der Waals surface area contributed by atoms with Crippen molar-refractivity contribution in [1.29, 1.82) is 0 Å². The van der Waals surface area contributed by atoms with E-state index in [9.17, 15) is 9.59 Å². The van der Waals surface area contributed by atoms with Crippen LogP contribution in [0.2, 0.25) is 0 Å². The molecule has 0 saturated carbocycles. The second-order valence-electron chi connectivity index (χ2n) is 4.76. The van der Waals surface area contributed by atoms with Gasteiger partial charge in [-0.15, -0.1) is 12.4 Å². The number of morpholine rings is 1. The molecule has 2 amide bonds. The number of hydrogen-bond acceptors (Lipinski definition) is 5. The van der Waals surface area contributed by atoms with E-state index in [0.717, 1.165) is 6.54 Å². The summed E-state index contributed by atoms with van der Waals surface area (Å²) >= 11 is 0. The van der Waals surface area contributed by atoms with Gasteiger partial charge in [0.1, 0.15) is 5.75 Å². The first-order valence-electron chi connectivity index (χ1n) is 6.75. The molecule has 2 rings (SSSR count). The van der Waals surface area contributed by atoms with Crippen molar-refractivity contribution in [3.8, 4) is 5.75 Å². The maximum absolute atomic E-state index is 11.9. The lowest BCUT2D eigenvalue weighted by atomic mass is 10.2. The summed E-state index contributed by atoms with van der Waals surface area (Å²) in [5.41, 5.74) is 5.62. The lowest BCUT2D eigenvalue weighted by Gasteiger charge is -2.23. The molecule has 0 bridgehead atoms. The zero-order valence-corrected chi connectivity index (χ0v) is 12.9. The van der Waals surface area contributed by atoms with Crippen molar-refractivity contribution in [2.45, 2.75) is 12.5 Å². The Labute approximate surface area is 134 Å². The molecule has 0 aliphatic carbocycles. The number of hydrogen-bond donors (Lipinski definition) is 3. The zero-order chi connectivity index (χ0) is 15.1. The summed E-state index contributed by atoms with van der Waals surface area (Å²) in [5.74, 6) is -0.177. The lowest BCUT2D eigenvalue weighted by Crippen LogP contribution is -2.43. The second kappa shape index (κ2) is 9.24. The van der Waals surface area contributed by atoms with Crippen molar-refractivity contribution in [2.24, 2.45) is 5.73 Å². The summed E-state index contributed by atoms with van der Waals surface area (Å²) in [4.78, 5) is 22.6. The molecule has 1 heterocycles.